The Hall–Kier alpha value is -2.91. The van der Waals surface area contributed by atoms with Gasteiger partial charge in [-0.3, -0.25) is 9.59 Å². The number of nitrogens with one attached hydrogen (secondary N) is 1. The minimum Gasteiger partial charge on any atom is -0.371 e. The van der Waals surface area contributed by atoms with Crippen LogP contribution in [0.5, 0.6) is 0 Å². The highest BCUT2D eigenvalue weighted by atomic mass is 32.2. The number of aryl methyl sites for hydroxylation is 2. The lowest BCUT2D eigenvalue weighted by molar-refractivity contribution is -0.122. The molecule has 35 heavy (non-hydrogen) atoms. The zero-order valence-electron chi connectivity index (χ0n) is 20.4. The van der Waals surface area contributed by atoms with E-state index in [1.165, 1.54) is 4.31 Å². The number of nitrogens with two attached hydrogens (primary N) is 1. The molecule has 0 spiro atoms. The predicted octanol–water partition coefficient (Wildman–Crippen LogP) is 3.04. The molecular weight excluding hydrogens is 464 g/mol. The quantitative estimate of drug-likeness (QED) is 0.636. The summed E-state index contributed by atoms with van der Waals surface area (Å²) in [4.78, 5) is 26.7. The third-order valence-corrected chi connectivity index (χ3v) is 9.23. The van der Waals surface area contributed by atoms with Gasteiger partial charge in [0.05, 0.1) is 4.90 Å². The van der Waals surface area contributed by atoms with Crippen LogP contribution in [0, 0.1) is 25.7 Å². The first-order valence-corrected chi connectivity index (χ1v) is 13.6. The predicted molar refractivity (Wildman–Crippen MR) is 137 cm³/mol. The van der Waals surface area contributed by atoms with E-state index in [2.05, 4.69) is 10.2 Å². The maximum atomic E-state index is 13.0. The fourth-order valence-electron chi connectivity index (χ4n) is 4.80. The van der Waals surface area contributed by atoms with Crippen molar-refractivity contribution in [2.24, 2.45) is 17.6 Å². The van der Waals surface area contributed by atoms with Crippen molar-refractivity contribution < 1.29 is 18.0 Å². The first-order chi connectivity index (χ1) is 16.6. The minimum atomic E-state index is -3.56. The number of hydrogen-bond acceptors (Lipinski definition) is 5. The fourth-order valence-corrected chi connectivity index (χ4v) is 6.36. The summed E-state index contributed by atoms with van der Waals surface area (Å²) in [6.07, 6.45) is 2.49. The van der Waals surface area contributed by atoms with Crippen LogP contribution in [-0.2, 0) is 19.6 Å². The molecule has 188 valence electrons. The monoisotopic (exact) mass is 498 g/mol. The molecular formula is C26H34N4O4S. The molecule has 0 radical (unpaired) electrons. The lowest BCUT2D eigenvalue weighted by Gasteiger charge is -2.32. The van der Waals surface area contributed by atoms with Crippen molar-refractivity contribution in [1.82, 2.24) is 4.31 Å². The number of carbonyl (C=O) groups is 2. The van der Waals surface area contributed by atoms with E-state index >= 15 is 0 Å². The van der Waals surface area contributed by atoms with Crippen molar-refractivity contribution in [3.63, 3.8) is 0 Å². The molecule has 2 aromatic carbocycles. The average molecular weight is 499 g/mol. The smallest absolute Gasteiger partial charge is 0.243 e. The second-order valence-corrected chi connectivity index (χ2v) is 11.6. The first-order valence-electron chi connectivity index (χ1n) is 12.2. The van der Waals surface area contributed by atoms with Crippen molar-refractivity contribution >= 4 is 33.2 Å². The number of anilines is 2. The first kappa shape index (κ1) is 25.2. The summed E-state index contributed by atoms with van der Waals surface area (Å²) in [6.45, 7) is 6.08. The van der Waals surface area contributed by atoms with Crippen LogP contribution in [0.4, 0.5) is 11.4 Å². The second kappa shape index (κ2) is 10.4. The van der Waals surface area contributed by atoms with Gasteiger partial charge in [-0.1, -0.05) is 6.07 Å². The zero-order chi connectivity index (χ0) is 25.2. The molecule has 2 aliphatic rings. The second-order valence-electron chi connectivity index (χ2n) is 9.62. The Balaban J connectivity index is 1.30. The SMILES string of the molecule is Cc1ccc(S(=O)(=O)N2CCC(C(=O)Nc3ccc(N4CCC(C(N)=O)CC4)cc3)CC2)cc1C. The van der Waals surface area contributed by atoms with Gasteiger partial charge in [0.2, 0.25) is 21.8 Å². The third kappa shape index (κ3) is 5.67. The fraction of sp³-hybridized carbons (Fsp3) is 0.462. The number of rotatable bonds is 6. The molecule has 0 aliphatic carbocycles. The number of carbonyl (C=O) groups excluding carboxylic acids is 2. The molecule has 4 rings (SSSR count). The van der Waals surface area contributed by atoms with Crippen molar-refractivity contribution in [2.75, 3.05) is 36.4 Å². The highest BCUT2D eigenvalue weighted by Crippen LogP contribution is 2.27. The van der Waals surface area contributed by atoms with Gasteiger partial charge in [0, 0.05) is 49.4 Å². The molecule has 2 amide bonds. The van der Waals surface area contributed by atoms with E-state index in [1.807, 2.05) is 44.2 Å². The largest absolute Gasteiger partial charge is 0.371 e. The van der Waals surface area contributed by atoms with Gasteiger partial charge < -0.3 is 16.0 Å². The van der Waals surface area contributed by atoms with Crippen molar-refractivity contribution in [2.45, 2.75) is 44.4 Å². The summed E-state index contributed by atoms with van der Waals surface area (Å²) >= 11 is 0. The summed E-state index contributed by atoms with van der Waals surface area (Å²) in [5.74, 6) is -0.583. The molecule has 3 N–H and O–H groups in total. The zero-order valence-corrected chi connectivity index (χ0v) is 21.2. The lowest BCUT2D eigenvalue weighted by Crippen LogP contribution is -2.41. The molecule has 2 aliphatic heterocycles. The van der Waals surface area contributed by atoms with Crippen molar-refractivity contribution in [3.8, 4) is 0 Å². The Bertz CT molecular complexity index is 1180. The molecule has 2 heterocycles. The molecule has 2 aromatic rings. The van der Waals surface area contributed by atoms with E-state index in [1.54, 1.807) is 12.1 Å². The Labute approximate surface area is 207 Å². The Morgan fingerprint density at radius 2 is 1.46 bits per heavy atom. The Morgan fingerprint density at radius 3 is 2.03 bits per heavy atom. The average Bonchev–Trinajstić information content (AvgIpc) is 2.86. The summed E-state index contributed by atoms with van der Waals surface area (Å²) in [7, 11) is -3.56. The third-order valence-electron chi connectivity index (χ3n) is 7.34. The normalized spacial score (nSPS) is 18.4. The van der Waals surface area contributed by atoms with Gasteiger partial charge in [0.25, 0.3) is 0 Å². The number of hydrogen-bond donors (Lipinski definition) is 2. The van der Waals surface area contributed by atoms with Crippen LogP contribution in [0.15, 0.2) is 47.4 Å². The highest BCUT2D eigenvalue weighted by Gasteiger charge is 2.32. The number of benzene rings is 2. The van der Waals surface area contributed by atoms with E-state index in [0.29, 0.717) is 30.8 Å². The van der Waals surface area contributed by atoms with E-state index in [-0.39, 0.29) is 23.7 Å². The van der Waals surface area contributed by atoms with Crippen LogP contribution in [0.25, 0.3) is 0 Å². The van der Waals surface area contributed by atoms with Gasteiger partial charge in [-0.25, -0.2) is 8.42 Å². The highest BCUT2D eigenvalue weighted by molar-refractivity contribution is 7.89. The van der Waals surface area contributed by atoms with Gasteiger partial charge in [-0.15, -0.1) is 0 Å². The number of piperidine rings is 2. The molecule has 0 unspecified atom stereocenters. The van der Waals surface area contributed by atoms with Gasteiger partial charge >= 0.3 is 0 Å². The van der Waals surface area contributed by atoms with Crippen LogP contribution >= 0.6 is 0 Å². The summed E-state index contributed by atoms with van der Waals surface area (Å²) in [6, 6.07) is 12.9. The van der Waals surface area contributed by atoms with Gasteiger partial charge in [-0.05, 0) is 87.1 Å². The maximum Gasteiger partial charge on any atom is 0.243 e. The molecule has 8 nitrogen and oxygen atoms in total. The molecule has 9 heteroatoms. The van der Waals surface area contributed by atoms with Crippen LogP contribution in [0.2, 0.25) is 0 Å². The van der Waals surface area contributed by atoms with E-state index in [9.17, 15) is 18.0 Å². The summed E-state index contributed by atoms with van der Waals surface area (Å²) in [5, 5.41) is 2.98. The van der Waals surface area contributed by atoms with Gasteiger partial charge in [0.15, 0.2) is 0 Å². The Kier molecular flexibility index (Phi) is 7.47. The van der Waals surface area contributed by atoms with Crippen LogP contribution in [-0.4, -0.2) is 50.7 Å². The van der Waals surface area contributed by atoms with E-state index in [0.717, 1.165) is 48.4 Å². The van der Waals surface area contributed by atoms with E-state index in [4.69, 9.17) is 5.73 Å². The molecule has 2 fully saturated rings. The maximum absolute atomic E-state index is 13.0. The molecule has 0 atom stereocenters. The van der Waals surface area contributed by atoms with Gasteiger partial charge in [-0.2, -0.15) is 4.31 Å². The lowest BCUT2D eigenvalue weighted by atomic mass is 9.96. The topological polar surface area (TPSA) is 113 Å². The van der Waals surface area contributed by atoms with Crippen molar-refractivity contribution in [1.29, 1.82) is 0 Å². The molecule has 0 saturated carbocycles. The van der Waals surface area contributed by atoms with E-state index < -0.39 is 10.0 Å². The van der Waals surface area contributed by atoms with Gasteiger partial charge in [0.1, 0.15) is 0 Å². The molecule has 2 saturated heterocycles. The van der Waals surface area contributed by atoms with Crippen molar-refractivity contribution in [3.05, 3.63) is 53.6 Å². The number of nitrogens with zero attached hydrogens (tertiary/aromatic N) is 2. The summed E-state index contributed by atoms with van der Waals surface area (Å²) in [5.41, 5.74) is 9.19. The van der Waals surface area contributed by atoms with Crippen LogP contribution < -0.4 is 16.0 Å². The van der Waals surface area contributed by atoms with Crippen LogP contribution in [0.1, 0.15) is 36.8 Å². The van der Waals surface area contributed by atoms with Crippen LogP contribution in [0.3, 0.4) is 0 Å². The Morgan fingerprint density at radius 1 is 0.857 bits per heavy atom. The number of amides is 2. The number of sulfonamides is 1. The summed E-state index contributed by atoms with van der Waals surface area (Å²) < 4.78 is 27.5. The minimum absolute atomic E-state index is 0.0489. The molecule has 0 aromatic heterocycles. The standard InChI is InChI=1S/C26H34N4O4S/c1-18-3-8-24(17-19(18)2)35(33,34)30-15-11-21(12-16-30)26(32)28-22-4-6-23(7-5-22)29-13-9-20(10-14-29)25(27)31/h3-8,17,20-21H,9-16H2,1-2H3,(H2,27,31)(H,28,32). The number of primary amides is 1. The molecule has 0 bridgehead atoms.